The molecule has 3 heterocycles. The number of pyridine rings is 1. The summed E-state index contributed by atoms with van der Waals surface area (Å²) in [5, 5.41) is 6.88. The molecule has 11 rings (SSSR count). The molecule has 0 unspecified atom stereocenters. The van der Waals surface area contributed by atoms with E-state index < -0.39 is 0 Å². The van der Waals surface area contributed by atoms with Crippen molar-refractivity contribution in [2.45, 2.75) is 0 Å². The SMILES string of the molecule is c1ccc(-c2nc(-c3cccc(-c4ccc5c6ccc7c8ccccc8c(-c8ccccc8)nc7c6n(-c6ccccc6)c5c4)c3)nc3ccccc23)cc1. The first-order valence-corrected chi connectivity index (χ1v) is 18.6. The molecule has 3 aromatic heterocycles. The Morgan fingerprint density at radius 1 is 0.327 bits per heavy atom. The van der Waals surface area contributed by atoms with Crippen LogP contribution in [0.25, 0.3) is 105 Å². The van der Waals surface area contributed by atoms with Crippen LogP contribution in [0, 0.1) is 0 Å². The largest absolute Gasteiger partial charge is 0.307 e. The van der Waals surface area contributed by atoms with Gasteiger partial charge in [0.15, 0.2) is 5.82 Å². The normalized spacial score (nSPS) is 11.6. The van der Waals surface area contributed by atoms with Gasteiger partial charge in [0.05, 0.1) is 33.5 Å². The minimum absolute atomic E-state index is 0.706. The summed E-state index contributed by atoms with van der Waals surface area (Å²) in [5.41, 5.74) is 12.5. The van der Waals surface area contributed by atoms with Crippen LogP contribution in [0.2, 0.25) is 0 Å². The fourth-order valence-electron chi connectivity index (χ4n) is 8.22. The molecule has 0 bridgehead atoms. The highest BCUT2D eigenvalue weighted by Gasteiger charge is 2.20. The van der Waals surface area contributed by atoms with E-state index in [9.17, 15) is 0 Å². The van der Waals surface area contributed by atoms with Crippen LogP contribution in [0.5, 0.6) is 0 Å². The second kappa shape index (κ2) is 12.6. The molecule has 4 heteroatoms. The quantitative estimate of drug-likeness (QED) is 0.168. The smallest absolute Gasteiger partial charge is 0.160 e. The zero-order chi connectivity index (χ0) is 36.3. The highest BCUT2D eigenvalue weighted by molar-refractivity contribution is 6.23. The second-order valence-corrected chi connectivity index (χ2v) is 14.0. The number of rotatable bonds is 5. The fourth-order valence-corrected chi connectivity index (χ4v) is 8.22. The first kappa shape index (κ1) is 31.1. The van der Waals surface area contributed by atoms with E-state index in [4.69, 9.17) is 15.0 Å². The zero-order valence-electron chi connectivity index (χ0n) is 29.8. The molecule has 8 aromatic carbocycles. The average Bonchev–Trinajstić information content (AvgIpc) is 3.61. The molecule has 0 saturated carbocycles. The summed E-state index contributed by atoms with van der Waals surface area (Å²) in [6.45, 7) is 0. The minimum atomic E-state index is 0.706. The van der Waals surface area contributed by atoms with Crippen LogP contribution < -0.4 is 0 Å². The molecule has 55 heavy (non-hydrogen) atoms. The van der Waals surface area contributed by atoms with Crippen LogP contribution in [0.1, 0.15) is 0 Å². The molecule has 4 nitrogen and oxygen atoms in total. The Labute approximate surface area is 317 Å². The number of aromatic nitrogens is 4. The van der Waals surface area contributed by atoms with E-state index in [-0.39, 0.29) is 0 Å². The van der Waals surface area contributed by atoms with Gasteiger partial charge in [0.25, 0.3) is 0 Å². The number of hydrogen-bond donors (Lipinski definition) is 0. The molecule has 11 aromatic rings. The van der Waals surface area contributed by atoms with Crippen molar-refractivity contribution in [1.82, 2.24) is 19.5 Å². The molecule has 0 saturated heterocycles. The second-order valence-electron chi connectivity index (χ2n) is 14.0. The number of hydrogen-bond acceptors (Lipinski definition) is 3. The Morgan fingerprint density at radius 3 is 1.65 bits per heavy atom. The van der Waals surface area contributed by atoms with Gasteiger partial charge in [0, 0.05) is 49.3 Å². The van der Waals surface area contributed by atoms with Crippen LogP contribution in [-0.4, -0.2) is 19.5 Å². The van der Waals surface area contributed by atoms with E-state index in [1.165, 1.54) is 16.2 Å². The third-order valence-corrected chi connectivity index (χ3v) is 10.8. The van der Waals surface area contributed by atoms with Crippen LogP contribution in [-0.2, 0) is 0 Å². The highest BCUT2D eigenvalue weighted by Crippen LogP contribution is 2.41. The molecular weight excluding hydrogens is 669 g/mol. The van der Waals surface area contributed by atoms with Crippen molar-refractivity contribution in [3.05, 3.63) is 194 Å². The molecule has 0 aliphatic rings. The third-order valence-electron chi connectivity index (χ3n) is 10.8. The fraction of sp³-hybridized carbons (Fsp3) is 0. The van der Waals surface area contributed by atoms with Crippen molar-refractivity contribution < 1.29 is 0 Å². The standard InChI is InChI=1S/C51H32N4/c1-4-15-33(16-5-1)47-41-24-11-10-23-39(41)42-29-30-43-40-28-27-36(32-46(40)55(50(43)49(42)53-47)38-21-8-3-9-22-38)35-19-14-20-37(31-35)51-52-45-26-13-12-25-44(45)48(54-51)34-17-6-2-7-18-34/h1-32H. The van der Waals surface area contributed by atoms with E-state index in [1.807, 2.05) is 18.2 Å². The maximum atomic E-state index is 5.52. The Morgan fingerprint density at radius 2 is 0.891 bits per heavy atom. The van der Waals surface area contributed by atoms with Gasteiger partial charge >= 0.3 is 0 Å². The van der Waals surface area contributed by atoms with Crippen LogP contribution in [0.4, 0.5) is 0 Å². The summed E-state index contributed by atoms with van der Waals surface area (Å²) in [4.78, 5) is 15.7. The van der Waals surface area contributed by atoms with E-state index in [0.29, 0.717) is 5.82 Å². The lowest BCUT2D eigenvalue weighted by Crippen LogP contribution is -1.97. The maximum absolute atomic E-state index is 5.52. The number of para-hydroxylation sites is 2. The topological polar surface area (TPSA) is 43.6 Å². The number of nitrogens with zero attached hydrogens (tertiary/aromatic N) is 4. The van der Waals surface area contributed by atoms with Gasteiger partial charge in [0.2, 0.25) is 0 Å². The predicted octanol–water partition coefficient (Wildman–Crippen LogP) is 13.1. The maximum Gasteiger partial charge on any atom is 0.160 e. The molecule has 0 aliphatic carbocycles. The summed E-state index contributed by atoms with van der Waals surface area (Å²) >= 11 is 0. The van der Waals surface area contributed by atoms with Crippen molar-refractivity contribution in [2.75, 3.05) is 0 Å². The summed E-state index contributed by atoms with van der Waals surface area (Å²) in [6.07, 6.45) is 0. The molecule has 0 radical (unpaired) electrons. The van der Waals surface area contributed by atoms with Crippen molar-refractivity contribution >= 4 is 54.4 Å². The van der Waals surface area contributed by atoms with E-state index in [2.05, 4.69) is 180 Å². The Bertz CT molecular complexity index is 3240. The first-order valence-electron chi connectivity index (χ1n) is 18.6. The van der Waals surface area contributed by atoms with Gasteiger partial charge in [-0.15, -0.1) is 0 Å². The van der Waals surface area contributed by atoms with Crippen molar-refractivity contribution in [3.63, 3.8) is 0 Å². The van der Waals surface area contributed by atoms with Gasteiger partial charge in [-0.1, -0.05) is 164 Å². The number of benzene rings is 8. The minimum Gasteiger partial charge on any atom is -0.307 e. The van der Waals surface area contributed by atoms with Crippen molar-refractivity contribution in [1.29, 1.82) is 0 Å². The van der Waals surface area contributed by atoms with Gasteiger partial charge < -0.3 is 4.57 Å². The highest BCUT2D eigenvalue weighted by atomic mass is 15.0. The van der Waals surface area contributed by atoms with Gasteiger partial charge in [0.1, 0.15) is 0 Å². The average molecular weight is 701 g/mol. The van der Waals surface area contributed by atoms with Gasteiger partial charge in [-0.05, 0) is 46.8 Å². The molecule has 0 atom stereocenters. The Kier molecular flexibility index (Phi) is 7.14. The zero-order valence-corrected chi connectivity index (χ0v) is 29.8. The summed E-state index contributed by atoms with van der Waals surface area (Å²) in [5.74, 6) is 0.706. The molecule has 0 fully saturated rings. The van der Waals surface area contributed by atoms with E-state index in [0.717, 1.165) is 83.1 Å². The molecule has 0 amide bonds. The summed E-state index contributed by atoms with van der Waals surface area (Å²) in [7, 11) is 0. The van der Waals surface area contributed by atoms with Crippen LogP contribution >= 0.6 is 0 Å². The van der Waals surface area contributed by atoms with E-state index in [1.54, 1.807) is 0 Å². The third kappa shape index (κ3) is 5.11. The van der Waals surface area contributed by atoms with Gasteiger partial charge in [-0.25, -0.2) is 15.0 Å². The molecular formula is C51H32N4. The molecule has 0 N–H and O–H groups in total. The number of fused-ring (bicyclic) bond motifs is 8. The van der Waals surface area contributed by atoms with Crippen LogP contribution in [0.3, 0.4) is 0 Å². The first-order chi connectivity index (χ1) is 27.3. The Balaban J connectivity index is 1.14. The van der Waals surface area contributed by atoms with E-state index >= 15 is 0 Å². The lowest BCUT2D eigenvalue weighted by molar-refractivity contribution is 1.18. The van der Waals surface area contributed by atoms with Crippen LogP contribution in [0.15, 0.2) is 194 Å². The molecule has 0 aliphatic heterocycles. The molecule has 256 valence electrons. The summed E-state index contributed by atoms with van der Waals surface area (Å²) in [6, 6.07) is 68.4. The lowest BCUT2D eigenvalue weighted by Gasteiger charge is -2.13. The monoisotopic (exact) mass is 700 g/mol. The Hall–Kier alpha value is -7.43. The predicted molar refractivity (Wildman–Crippen MR) is 228 cm³/mol. The summed E-state index contributed by atoms with van der Waals surface area (Å²) < 4.78 is 2.40. The lowest BCUT2D eigenvalue weighted by atomic mass is 9.98. The van der Waals surface area contributed by atoms with Gasteiger partial charge in [-0.3, -0.25) is 0 Å². The molecule has 0 spiro atoms. The van der Waals surface area contributed by atoms with Crippen molar-refractivity contribution in [3.8, 4) is 50.7 Å². The van der Waals surface area contributed by atoms with Crippen molar-refractivity contribution in [2.24, 2.45) is 0 Å². The van der Waals surface area contributed by atoms with Gasteiger partial charge in [-0.2, -0.15) is 0 Å².